The molecule has 1 aromatic carbocycles. The fourth-order valence-electron chi connectivity index (χ4n) is 3.10. The van der Waals surface area contributed by atoms with Gasteiger partial charge in [-0.2, -0.15) is 0 Å². The van der Waals surface area contributed by atoms with E-state index >= 15 is 0 Å². The molecule has 0 bridgehead atoms. The van der Waals surface area contributed by atoms with Crippen LogP contribution in [0.5, 0.6) is 0 Å². The Hall–Kier alpha value is -1.92. The lowest BCUT2D eigenvalue weighted by Crippen LogP contribution is -2.38. The predicted octanol–water partition coefficient (Wildman–Crippen LogP) is 3.89. The molecule has 1 amide bonds. The Labute approximate surface area is 165 Å². The minimum Gasteiger partial charge on any atom is -0.337 e. The summed E-state index contributed by atoms with van der Waals surface area (Å²) in [6.45, 7) is 5.43. The van der Waals surface area contributed by atoms with Crippen LogP contribution in [0.25, 0.3) is 0 Å². The first-order valence-electron chi connectivity index (χ1n) is 9.00. The molecule has 1 aromatic heterocycles. The number of pyridine rings is 1. The van der Waals surface area contributed by atoms with Crippen molar-refractivity contribution in [2.45, 2.75) is 37.3 Å². The summed E-state index contributed by atoms with van der Waals surface area (Å²) in [7, 11) is -3.60. The molecule has 0 atom stereocenters. The second-order valence-electron chi connectivity index (χ2n) is 7.16. The van der Waals surface area contributed by atoms with Gasteiger partial charge in [-0.1, -0.05) is 30.7 Å². The largest absolute Gasteiger partial charge is 0.337 e. The van der Waals surface area contributed by atoms with Crippen molar-refractivity contribution in [3.63, 3.8) is 0 Å². The quantitative estimate of drug-likeness (QED) is 0.772. The Kier molecular flexibility index (Phi) is 5.86. The average Bonchev–Trinajstić information content (AvgIpc) is 2.64. The number of likely N-dealkylation sites (tertiary alicyclic amines) is 1. The van der Waals surface area contributed by atoms with Crippen molar-refractivity contribution in [3.8, 4) is 0 Å². The molecule has 27 heavy (non-hydrogen) atoms. The van der Waals surface area contributed by atoms with E-state index < -0.39 is 9.84 Å². The molecular weight excluding hydrogens is 384 g/mol. The minimum atomic E-state index is -3.60. The number of nitrogens with zero attached hydrogens (tertiary/aromatic N) is 2. The zero-order valence-electron chi connectivity index (χ0n) is 15.5. The number of rotatable bonds is 4. The van der Waals surface area contributed by atoms with Crippen molar-refractivity contribution >= 4 is 27.3 Å². The Morgan fingerprint density at radius 2 is 1.93 bits per heavy atom. The first-order valence-corrected chi connectivity index (χ1v) is 11.0. The highest BCUT2D eigenvalue weighted by atomic mass is 35.5. The van der Waals surface area contributed by atoms with Gasteiger partial charge in [-0.15, -0.1) is 0 Å². The SMILES string of the molecule is Cc1ccc(S(=O)(=O)Cc2cccc(C(=O)N3CCC(C)CC3)n2)cc1Cl. The van der Waals surface area contributed by atoms with Gasteiger partial charge in [0, 0.05) is 18.1 Å². The monoisotopic (exact) mass is 406 g/mol. The summed E-state index contributed by atoms with van der Waals surface area (Å²) in [4.78, 5) is 18.9. The summed E-state index contributed by atoms with van der Waals surface area (Å²) in [5.74, 6) is 0.212. The summed E-state index contributed by atoms with van der Waals surface area (Å²) in [6.07, 6.45) is 1.96. The number of amides is 1. The van der Waals surface area contributed by atoms with Crippen LogP contribution in [0.2, 0.25) is 5.02 Å². The van der Waals surface area contributed by atoms with E-state index in [1.165, 1.54) is 6.07 Å². The molecule has 1 saturated heterocycles. The molecule has 1 aliphatic rings. The number of hydrogen-bond donors (Lipinski definition) is 0. The van der Waals surface area contributed by atoms with E-state index in [-0.39, 0.29) is 16.6 Å². The summed E-state index contributed by atoms with van der Waals surface area (Å²) in [5, 5.41) is 0.410. The average molecular weight is 407 g/mol. The van der Waals surface area contributed by atoms with E-state index in [0.29, 0.717) is 35.4 Å². The molecule has 2 aromatic rings. The number of carbonyl (C=O) groups is 1. The van der Waals surface area contributed by atoms with Gasteiger partial charge < -0.3 is 4.90 Å². The van der Waals surface area contributed by atoms with Gasteiger partial charge in [0.25, 0.3) is 5.91 Å². The number of benzene rings is 1. The molecule has 1 fully saturated rings. The Bertz CT molecular complexity index is 951. The number of aromatic nitrogens is 1. The number of hydrogen-bond acceptors (Lipinski definition) is 4. The minimum absolute atomic E-state index is 0.139. The van der Waals surface area contributed by atoms with E-state index in [9.17, 15) is 13.2 Å². The summed E-state index contributed by atoms with van der Waals surface area (Å²) < 4.78 is 25.4. The second-order valence-corrected chi connectivity index (χ2v) is 9.56. The van der Waals surface area contributed by atoms with Crippen LogP contribution in [0.1, 0.15) is 41.5 Å². The zero-order chi connectivity index (χ0) is 19.6. The van der Waals surface area contributed by atoms with Crippen molar-refractivity contribution in [2.24, 2.45) is 5.92 Å². The molecule has 5 nitrogen and oxygen atoms in total. The van der Waals surface area contributed by atoms with E-state index in [1.54, 1.807) is 35.2 Å². The highest BCUT2D eigenvalue weighted by Crippen LogP contribution is 2.23. The van der Waals surface area contributed by atoms with Crippen molar-refractivity contribution in [1.29, 1.82) is 0 Å². The maximum absolute atomic E-state index is 12.7. The molecule has 0 saturated carbocycles. The van der Waals surface area contributed by atoms with E-state index in [4.69, 9.17) is 11.6 Å². The van der Waals surface area contributed by atoms with Gasteiger partial charge in [0.1, 0.15) is 5.69 Å². The third kappa shape index (κ3) is 4.68. The number of halogens is 1. The van der Waals surface area contributed by atoms with Crippen LogP contribution in [0.15, 0.2) is 41.3 Å². The molecular formula is C20H23ClN2O3S. The highest BCUT2D eigenvalue weighted by molar-refractivity contribution is 7.90. The van der Waals surface area contributed by atoms with Crippen molar-refractivity contribution in [2.75, 3.05) is 13.1 Å². The van der Waals surface area contributed by atoms with Crippen LogP contribution in [0.3, 0.4) is 0 Å². The van der Waals surface area contributed by atoms with Crippen molar-refractivity contribution < 1.29 is 13.2 Å². The van der Waals surface area contributed by atoms with Crippen LogP contribution in [0.4, 0.5) is 0 Å². The summed E-state index contributed by atoms with van der Waals surface area (Å²) in [5.41, 5.74) is 1.46. The zero-order valence-corrected chi connectivity index (χ0v) is 17.1. The number of sulfone groups is 1. The second kappa shape index (κ2) is 7.98. The third-order valence-electron chi connectivity index (χ3n) is 4.94. The molecule has 144 valence electrons. The van der Waals surface area contributed by atoms with Crippen LogP contribution < -0.4 is 0 Å². The lowest BCUT2D eigenvalue weighted by molar-refractivity contribution is 0.0691. The first-order chi connectivity index (χ1) is 12.8. The third-order valence-corrected chi connectivity index (χ3v) is 6.99. The lowest BCUT2D eigenvalue weighted by atomic mass is 9.99. The van der Waals surface area contributed by atoms with Crippen LogP contribution >= 0.6 is 11.6 Å². The number of piperidine rings is 1. The van der Waals surface area contributed by atoms with Crippen LogP contribution in [0, 0.1) is 12.8 Å². The van der Waals surface area contributed by atoms with Gasteiger partial charge in [0.2, 0.25) is 0 Å². The van der Waals surface area contributed by atoms with E-state index in [1.807, 2.05) is 6.92 Å². The van der Waals surface area contributed by atoms with Gasteiger partial charge in [-0.05, 0) is 55.5 Å². The van der Waals surface area contributed by atoms with Gasteiger partial charge in [0.05, 0.1) is 16.3 Å². The van der Waals surface area contributed by atoms with Crippen molar-refractivity contribution in [1.82, 2.24) is 9.88 Å². The Morgan fingerprint density at radius 3 is 2.59 bits per heavy atom. The fourth-order valence-corrected chi connectivity index (χ4v) is 4.63. The molecule has 0 radical (unpaired) electrons. The fraction of sp³-hybridized carbons (Fsp3) is 0.400. The number of aryl methyl sites for hydroxylation is 1. The molecule has 7 heteroatoms. The smallest absolute Gasteiger partial charge is 0.272 e. The summed E-state index contributed by atoms with van der Waals surface area (Å²) in [6, 6.07) is 9.62. The molecule has 1 aliphatic heterocycles. The van der Waals surface area contributed by atoms with Crippen LogP contribution in [-0.4, -0.2) is 37.3 Å². The topological polar surface area (TPSA) is 67.3 Å². The van der Waals surface area contributed by atoms with Gasteiger partial charge in [0.15, 0.2) is 9.84 Å². The van der Waals surface area contributed by atoms with Gasteiger partial charge >= 0.3 is 0 Å². The summed E-state index contributed by atoms with van der Waals surface area (Å²) >= 11 is 6.06. The molecule has 0 aliphatic carbocycles. The normalized spacial score (nSPS) is 15.7. The molecule has 0 N–H and O–H groups in total. The van der Waals surface area contributed by atoms with Gasteiger partial charge in [-0.25, -0.2) is 13.4 Å². The maximum atomic E-state index is 12.7. The molecule has 3 rings (SSSR count). The maximum Gasteiger partial charge on any atom is 0.272 e. The van der Waals surface area contributed by atoms with E-state index in [0.717, 1.165) is 18.4 Å². The Balaban J connectivity index is 1.79. The molecule has 0 spiro atoms. The Morgan fingerprint density at radius 1 is 1.22 bits per heavy atom. The first kappa shape index (κ1) is 19.8. The lowest BCUT2D eigenvalue weighted by Gasteiger charge is -2.30. The van der Waals surface area contributed by atoms with E-state index in [2.05, 4.69) is 11.9 Å². The van der Waals surface area contributed by atoms with Crippen LogP contribution in [-0.2, 0) is 15.6 Å². The van der Waals surface area contributed by atoms with Crippen molar-refractivity contribution in [3.05, 3.63) is 58.4 Å². The van der Waals surface area contributed by atoms with Gasteiger partial charge in [-0.3, -0.25) is 4.79 Å². The molecule has 0 unspecified atom stereocenters. The predicted molar refractivity (Wildman–Crippen MR) is 106 cm³/mol. The number of carbonyl (C=O) groups excluding carboxylic acids is 1. The molecule has 2 heterocycles. The standard InChI is InChI=1S/C20H23ClN2O3S/c1-14-8-10-23(11-9-14)20(24)19-5-3-4-16(22-19)13-27(25,26)17-7-6-15(2)18(21)12-17/h3-7,12,14H,8-11,13H2,1-2H3. The highest BCUT2D eigenvalue weighted by Gasteiger charge is 2.23.